The Balaban J connectivity index is 1.81. The van der Waals surface area contributed by atoms with Crippen molar-refractivity contribution in [2.75, 3.05) is 6.54 Å². The van der Waals surface area contributed by atoms with Gasteiger partial charge in [0.05, 0.1) is 22.8 Å². The number of pyridine rings is 1. The fourth-order valence-electron chi connectivity index (χ4n) is 3.57. The smallest absolute Gasteiger partial charge is 0.170 e. The zero-order chi connectivity index (χ0) is 19.0. The molecule has 1 fully saturated rings. The van der Waals surface area contributed by atoms with Gasteiger partial charge < -0.3 is 14.8 Å². The molecule has 4 rings (SSSR count). The topological polar surface area (TPSA) is 33.1 Å². The predicted molar refractivity (Wildman–Crippen MR) is 109 cm³/mol. The fraction of sp³-hybridized carbons (Fsp3) is 0.200. The van der Waals surface area contributed by atoms with E-state index in [1.807, 2.05) is 35.0 Å². The lowest BCUT2D eigenvalue weighted by Gasteiger charge is -2.28. The molecule has 138 valence electrons. The van der Waals surface area contributed by atoms with Crippen molar-refractivity contribution < 1.29 is 4.39 Å². The highest BCUT2D eigenvalue weighted by atomic mass is 35.5. The monoisotopic (exact) mass is 400 g/mol. The summed E-state index contributed by atoms with van der Waals surface area (Å²) in [7, 11) is 0. The molecule has 2 aromatic heterocycles. The summed E-state index contributed by atoms with van der Waals surface area (Å²) < 4.78 is 15.6. The van der Waals surface area contributed by atoms with E-state index in [0.29, 0.717) is 5.11 Å². The number of likely N-dealkylation sites (N-methyl/N-ethyl adjacent to an activating group) is 1. The summed E-state index contributed by atoms with van der Waals surface area (Å²) >= 11 is 11.6. The molecule has 0 bridgehead atoms. The molecule has 1 saturated heterocycles. The van der Waals surface area contributed by atoms with Gasteiger partial charge in [-0.3, -0.25) is 4.98 Å². The maximum absolute atomic E-state index is 13.6. The molecule has 1 aromatic carbocycles. The van der Waals surface area contributed by atoms with Crippen LogP contribution in [-0.4, -0.2) is 26.1 Å². The number of hydrogen-bond donors (Lipinski definition) is 1. The number of thiocarbonyl (C=S) groups is 1. The molecule has 2 unspecified atom stereocenters. The van der Waals surface area contributed by atoms with Gasteiger partial charge in [-0.1, -0.05) is 17.7 Å². The lowest BCUT2D eigenvalue weighted by Crippen LogP contribution is -2.30. The van der Waals surface area contributed by atoms with Crippen LogP contribution in [0.1, 0.15) is 30.4 Å². The highest BCUT2D eigenvalue weighted by Gasteiger charge is 2.40. The Kier molecular flexibility index (Phi) is 4.85. The van der Waals surface area contributed by atoms with E-state index < -0.39 is 5.82 Å². The van der Waals surface area contributed by atoms with Crippen molar-refractivity contribution >= 4 is 28.9 Å². The molecular weight excluding hydrogens is 383 g/mol. The number of hydrogen-bond acceptors (Lipinski definition) is 2. The van der Waals surface area contributed by atoms with Crippen LogP contribution in [0.2, 0.25) is 5.02 Å². The van der Waals surface area contributed by atoms with E-state index in [1.54, 1.807) is 18.3 Å². The van der Waals surface area contributed by atoms with Crippen molar-refractivity contribution in [2.45, 2.75) is 19.0 Å². The Morgan fingerprint density at radius 2 is 2.07 bits per heavy atom. The molecule has 1 N–H and O–H groups in total. The number of rotatable bonds is 4. The maximum Gasteiger partial charge on any atom is 0.170 e. The molecule has 7 heteroatoms. The Morgan fingerprint density at radius 3 is 2.78 bits per heavy atom. The molecule has 2 atom stereocenters. The Morgan fingerprint density at radius 1 is 1.22 bits per heavy atom. The molecule has 3 heterocycles. The number of benzene rings is 1. The van der Waals surface area contributed by atoms with Crippen LogP contribution in [0.25, 0.3) is 5.69 Å². The van der Waals surface area contributed by atoms with E-state index in [1.165, 1.54) is 6.07 Å². The first-order chi connectivity index (χ1) is 13.1. The fourth-order valence-corrected chi connectivity index (χ4v) is 4.12. The second-order valence-corrected chi connectivity index (χ2v) is 7.11. The van der Waals surface area contributed by atoms with Crippen molar-refractivity contribution in [2.24, 2.45) is 0 Å². The van der Waals surface area contributed by atoms with Gasteiger partial charge in [0.1, 0.15) is 5.82 Å². The highest BCUT2D eigenvalue weighted by molar-refractivity contribution is 7.80. The second-order valence-electron chi connectivity index (χ2n) is 6.31. The third kappa shape index (κ3) is 3.19. The largest absolute Gasteiger partial charge is 0.352 e. The average molecular weight is 401 g/mol. The van der Waals surface area contributed by atoms with Crippen molar-refractivity contribution in [3.63, 3.8) is 0 Å². The van der Waals surface area contributed by atoms with Gasteiger partial charge in [-0.05, 0) is 61.6 Å². The van der Waals surface area contributed by atoms with Crippen LogP contribution in [0.5, 0.6) is 0 Å². The molecule has 0 radical (unpaired) electrons. The maximum atomic E-state index is 13.6. The average Bonchev–Trinajstić information content (AvgIpc) is 3.28. The van der Waals surface area contributed by atoms with Crippen LogP contribution in [0.4, 0.5) is 4.39 Å². The van der Waals surface area contributed by atoms with E-state index in [4.69, 9.17) is 23.8 Å². The minimum atomic E-state index is -0.431. The summed E-state index contributed by atoms with van der Waals surface area (Å²) in [6.45, 7) is 2.83. The molecule has 27 heavy (non-hydrogen) atoms. The summed E-state index contributed by atoms with van der Waals surface area (Å²) in [6.07, 6.45) is 3.73. The van der Waals surface area contributed by atoms with Gasteiger partial charge in [-0.25, -0.2) is 4.39 Å². The summed E-state index contributed by atoms with van der Waals surface area (Å²) in [5.74, 6) is -0.431. The lowest BCUT2D eigenvalue weighted by atomic mass is 10.0. The second kappa shape index (κ2) is 7.29. The summed E-state index contributed by atoms with van der Waals surface area (Å²) in [5.41, 5.74) is 2.75. The normalized spacial score (nSPS) is 19.4. The molecule has 0 amide bonds. The standard InChI is InChI=1S/C20H18ClFN4S/c1-2-25-19(18(24-20(25)27)16-6-3-4-10-23-16)17-7-5-11-26(17)13-8-9-15(22)14(21)12-13/h3-12,18-19H,2H2,1H3,(H,24,27). The van der Waals surface area contributed by atoms with E-state index in [-0.39, 0.29) is 17.1 Å². The minimum absolute atomic E-state index is 0.0452. The molecular formula is C20H18ClFN4S. The SMILES string of the molecule is CCN1C(=S)NC(c2ccccn2)C1c1cccn1-c1ccc(F)c(Cl)c1. The number of halogens is 2. The van der Waals surface area contributed by atoms with Gasteiger partial charge in [0.25, 0.3) is 0 Å². The van der Waals surface area contributed by atoms with Gasteiger partial charge in [-0.2, -0.15) is 0 Å². The number of aromatic nitrogens is 2. The number of nitrogens with zero attached hydrogens (tertiary/aromatic N) is 3. The molecule has 0 saturated carbocycles. The van der Waals surface area contributed by atoms with Crippen molar-refractivity contribution in [3.8, 4) is 5.69 Å². The van der Waals surface area contributed by atoms with Gasteiger partial charge in [0, 0.05) is 30.3 Å². The quantitative estimate of drug-likeness (QED) is 0.646. The molecule has 3 aromatic rings. The van der Waals surface area contributed by atoms with Crippen LogP contribution in [0.3, 0.4) is 0 Å². The first-order valence-corrected chi connectivity index (χ1v) is 9.49. The van der Waals surface area contributed by atoms with Gasteiger partial charge in [-0.15, -0.1) is 0 Å². The summed E-state index contributed by atoms with van der Waals surface area (Å²) in [4.78, 5) is 6.67. The van der Waals surface area contributed by atoms with E-state index >= 15 is 0 Å². The Hall–Kier alpha value is -2.44. The highest BCUT2D eigenvalue weighted by Crippen LogP contribution is 2.39. The van der Waals surface area contributed by atoms with Crippen LogP contribution in [-0.2, 0) is 0 Å². The van der Waals surface area contributed by atoms with Gasteiger partial charge in [0.15, 0.2) is 5.11 Å². The lowest BCUT2D eigenvalue weighted by molar-refractivity contribution is 0.321. The summed E-state index contributed by atoms with van der Waals surface area (Å²) in [6, 6.07) is 14.5. The molecule has 0 aliphatic carbocycles. The predicted octanol–water partition coefficient (Wildman–Crippen LogP) is 4.66. The third-order valence-electron chi connectivity index (χ3n) is 4.80. The van der Waals surface area contributed by atoms with E-state index in [2.05, 4.69) is 28.2 Å². The Bertz CT molecular complexity index is 975. The van der Waals surface area contributed by atoms with E-state index in [9.17, 15) is 4.39 Å². The zero-order valence-corrected chi connectivity index (χ0v) is 16.2. The van der Waals surface area contributed by atoms with Crippen LogP contribution >= 0.6 is 23.8 Å². The molecule has 1 aliphatic heterocycles. The van der Waals surface area contributed by atoms with E-state index in [0.717, 1.165) is 23.6 Å². The number of nitrogens with one attached hydrogen (secondary N) is 1. The van der Waals surface area contributed by atoms with Crippen LogP contribution in [0, 0.1) is 5.82 Å². The van der Waals surface area contributed by atoms with Gasteiger partial charge in [0.2, 0.25) is 0 Å². The minimum Gasteiger partial charge on any atom is -0.352 e. The Labute approximate surface area is 167 Å². The molecule has 4 nitrogen and oxygen atoms in total. The zero-order valence-electron chi connectivity index (χ0n) is 14.6. The van der Waals surface area contributed by atoms with Crippen molar-refractivity contribution in [1.29, 1.82) is 0 Å². The summed E-state index contributed by atoms with van der Waals surface area (Å²) in [5, 5.41) is 4.20. The first-order valence-electron chi connectivity index (χ1n) is 8.71. The van der Waals surface area contributed by atoms with Crippen LogP contribution < -0.4 is 5.32 Å². The van der Waals surface area contributed by atoms with Crippen LogP contribution in [0.15, 0.2) is 60.9 Å². The van der Waals surface area contributed by atoms with Gasteiger partial charge >= 0.3 is 0 Å². The first kappa shape index (κ1) is 17.9. The molecule has 0 spiro atoms. The third-order valence-corrected chi connectivity index (χ3v) is 5.45. The van der Waals surface area contributed by atoms with Crippen molar-refractivity contribution in [1.82, 2.24) is 19.8 Å². The molecule has 1 aliphatic rings. The van der Waals surface area contributed by atoms with Crippen molar-refractivity contribution in [3.05, 3.63) is 83.2 Å².